The Balaban J connectivity index is 2.76. The molecule has 0 saturated carbocycles. The fraction of sp³-hybridized carbons (Fsp3) is 0.538. The second kappa shape index (κ2) is 6.16. The predicted octanol–water partition coefficient (Wildman–Crippen LogP) is 3.77. The summed E-state index contributed by atoms with van der Waals surface area (Å²) in [6.07, 6.45) is 1.05. The normalized spacial score (nSPS) is 11.6. The van der Waals surface area contributed by atoms with Crippen molar-refractivity contribution < 1.29 is 4.92 Å². The maximum Gasteiger partial charge on any atom is 0.275 e. The Morgan fingerprint density at radius 1 is 1.44 bits per heavy atom. The van der Waals surface area contributed by atoms with Crippen LogP contribution in [0.2, 0.25) is 5.02 Å². The lowest BCUT2D eigenvalue weighted by molar-refractivity contribution is -0.385. The van der Waals surface area contributed by atoms with E-state index < -0.39 is 4.92 Å². The Bertz CT molecular complexity index is 433. The van der Waals surface area contributed by atoms with Gasteiger partial charge in [-0.25, -0.2) is 0 Å². The number of hydrogen-bond donors (Lipinski definition) is 1. The van der Waals surface area contributed by atoms with Gasteiger partial charge < -0.3 is 5.32 Å². The van der Waals surface area contributed by atoms with Crippen molar-refractivity contribution in [3.8, 4) is 0 Å². The molecule has 100 valence electrons. The first-order chi connectivity index (χ1) is 8.37. The summed E-state index contributed by atoms with van der Waals surface area (Å²) in [5.74, 6) is 0. The molecular formula is C13H19ClN2O2. The molecule has 4 nitrogen and oxygen atoms in total. The van der Waals surface area contributed by atoms with Gasteiger partial charge in [-0.3, -0.25) is 10.1 Å². The standard InChI is InChI=1S/C13H19ClN2O2/c1-4-13(2,3)9-15-8-10-11(14)6-5-7-12(10)16(17)18/h5-7,15H,4,8-9H2,1-3H3. The van der Waals surface area contributed by atoms with Gasteiger partial charge in [-0.15, -0.1) is 0 Å². The third-order valence-corrected chi connectivity index (χ3v) is 3.51. The molecule has 0 aromatic heterocycles. The number of nitrogens with zero attached hydrogens (tertiary/aromatic N) is 1. The average molecular weight is 271 g/mol. The highest BCUT2D eigenvalue weighted by atomic mass is 35.5. The van der Waals surface area contributed by atoms with E-state index in [1.807, 2.05) is 0 Å². The van der Waals surface area contributed by atoms with Gasteiger partial charge in [0.05, 0.1) is 15.5 Å². The molecule has 1 rings (SSSR count). The van der Waals surface area contributed by atoms with Gasteiger partial charge in [-0.05, 0) is 17.9 Å². The summed E-state index contributed by atoms with van der Waals surface area (Å²) in [6, 6.07) is 4.75. The Morgan fingerprint density at radius 2 is 2.11 bits per heavy atom. The number of halogens is 1. The number of nitrogens with one attached hydrogen (secondary N) is 1. The summed E-state index contributed by atoms with van der Waals surface area (Å²) in [6.45, 7) is 7.65. The Morgan fingerprint density at radius 3 is 2.67 bits per heavy atom. The molecule has 0 aliphatic rings. The van der Waals surface area contributed by atoms with Crippen LogP contribution in [0.3, 0.4) is 0 Å². The first-order valence-corrected chi connectivity index (χ1v) is 6.37. The molecule has 0 radical (unpaired) electrons. The Kier molecular flexibility index (Phi) is 5.11. The second-order valence-corrected chi connectivity index (χ2v) is 5.52. The summed E-state index contributed by atoms with van der Waals surface area (Å²) in [5.41, 5.74) is 0.802. The number of nitro groups is 1. The van der Waals surface area contributed by atoms with Crippen LogP contribution in [0.4, 0.5) is 5.69 Å². The number of rotatable bonds is 6. The van der Waals surface area contributed by atoms with Gasteiger partial charge in [-0.1, -0.05) is 38.4 Å². The monoisotopic (exact) mass is 270 g/mol. The van der Waals surface area contributed by atoms with Crippen LogP contribution >= 0.6 is 11.6 Å². The minimum Gasteiger partial charge on any atom is -0.312 e. The van der Waals surface area contributed by atoms with E-state index in [4.69, 9.17) is 11.6 Å². The van der Waals surface area contributed by atoms with E-state index in [0.717, 1.165) is 13.0 Å². The molecule has 0 heterocycles. The van der Waals surface area contributed by atoms with Crippen molar-refractivity contribution in [3.05, 3.63) is 38.9 Å². The van der Waals surface area contributed by atoms with Gasteiger partial charge in [0.1, 0.15) is 0 Å². The molecule has 1 N–H and O–H groups in total. The van der Waals surface area contributed by atoms with E-state index in [9.17, 15) is 10.1 Å². The summed E-state index contributed by atoms with van der Waals surface area (Å²) >= 11 is 6.01. The summed E-state index contributed by atoms with van der Waals surface area (Å²) < 4.78 is 0. The Labute approximate surface area is 112 Å². The van der Waals surface area contributed by atoms with Gasteiger partial charge in [0, 0.05) is 19.2 Å². The fourth-order valence-electron chi connectivity index (χ4n) is 1.54. The Hall–Kier alpha value is -1.13. The van der Waals surface area contributed by atoms with Crippen LogP contribution in [0.15, 0.2) is 18.2 Å². The molecule has 0 bridgehead atoms. The highest BCUT2D eigenvalue weighted by molar-refractivity contribution is 6.31. The predicted molar refractivity (Wildman–Crippen MR) is 73.9 cm³/mol. The molecule has 0 fully saturated rings. The first kappa shape index (κ1) is 14.9. The van der Waals surface area contributed by atoms with E-state index in [1.54, 1.807) is 12.1 Å². The smallest absolute Gasteiger partial charge is 0.275 e. The summed E-state index contributed by atoms with van der Waals surface area (Å²) in [7, 11) is 0. The van der Waals surface area contributed by atoms with E-state index in [-0.39, 0.29) is 11.1 Å². The zero-order chi connectivity index (χ0) is 13.8. The molecule has 0 amide bonds. The quantitative estimate of drug-likeness (QED) is 0.632. The molecule has 0 aliphatic carbocycles. The minimum atomic E-state index is -0.395. The zero-order valence-electron chi connectivity index (χ0n) is 11.0. The lowest BCUT2D eigenvalue weighted by Gasteiger charge is -2.23. The SMILES string of the molecule is CCC(C)(C)CNCc1c(Cl)cccc1[N+](=O)[O-]. The molecule has 0 atom stereocenters. The average Bonchev–Trinajstić information content (AvgIpc) is 2.30. The van der Waals surface area contributed by atoms with Crippen molar-refractivity contribution in [1.29, 1.82) is 0 Å². The maximum atomic E-state index is 10.9. The molecule has 0 saturated heterocycles. The maximum absolute atomic E-state index is 10.9. The fourth-order valence-corrected chi connectivity index (χ4v) is 1.78. The van der Waals surface area contributed by atoms with Crippen LogP contribution in [0.5, 0.6) is 0 Å². The van der Waals surface area contributed by atoms with Gasteiger partial charge >= 0.3 is 0 Å². The largest absolute Gasteiger partial charge is 0.312 e. The van der Waals surface area contributed by atoms with E-state index in [2.05, 4.69) is 26.1 Å². The number of hydrogen-bond acceptors (Lipinski definition) is 3. The highest BCUT2D eigenvalue weighted by Gasteiger charge is 2.18. The van der Waals surface area contributed by atoms with Crippen molar-refractivity contribution in [1.82, 2.24) is 5.32 Å². The van der Waals surface area contributed by atoms with Crippen LogP contribution in [-0.2, 0) is 6.54 Å². The highest BCUT2D eigenvalue weighted by Crippen LogP contribution is 2.26. The molecule has 1 aromatic rings. The lowest BCUT2D eigenvalue weighted by Crippen LogP contribution is -2.28. The minimum absolute atomic E-state index is 0.0734. The molecular weight excluding hydrogens is 252 g/mol. The van der Waals surface area contributed by atoms with Gasteiger partial charge in [0.2, 0.25) is 0 Å². The lowest BCUT2D eigenvalue weighted by atomic mass is 9.90. The van der Waals surface area contributed by atoms with Gasteiger partial charge in [-0.2, -0.15) is 0 Å². The van der Waals surface area contributed by atoms with Crippen LogP contribution in [-0.4, -0.2) is 11.5 Å². The van der Waals surface area contributed by atoms with E-state index in [0.29, 0.717) is 17.1 Å². The van der Waals surface area contributed by atoms with Crippen LogP contribution < -0.4 is 5.32 Å². The van der Waals surface area contributed by atoms with Crippen molar-refractivity contribution in [3.63, 3.8) is 0 Å². The van der Waals surface area contributed by atoms with Crippen molar-refractivity contribution in [2.24, 2.45) is 5.41 Å². The first-order valence-electron chi connectivity index (χ1n) is 6.00. The van der Waals surface area contributed by atoms with Crippen LogP contribution in [0.1, 0.15) is 32.8 Å². The number of nitro benzene ring substituents is 1. The van der Waals surface area contributed by atoms with Crippen LogP contribution in [0, 0.1) is 15.5 Å². The van der Waals surface area contributed by atoms with Gasteiger partial charge in [0.15, 0.2) is 0 Å². The second-order valence-electron chi connectivity index (χ2n) is 5.12. The molecule has 5 heteroatoms. The topological polar surface area (TPSA) is 55.2 Å². The number of benzene rings is 1. The van der Waals surface area contributed by atoms with E-state index in [1.165, 1.54) is 6.07 Å². The molecule has 1 aromatic carbocycles. The molecule has 0 spiro atoms. The third kappa shape index (κ3) is 3.96. The molecule has 18 heavy (non-hydrogen) atoms. The van der Waals surface area contributed by atoms with Gasteiger partial charge in [0.25, 0.3) is 5.69 Å². The molecule has 0 unspecified atom stereocenters. The zero-order valence-corrected chi connectivity index (χ0v) is 11.8. The van der Waals surface area contributed by atoms with Crippen LogP contribution in [0.25, 0.3) is 0 Å². The van der Waals surface area contributed by atoms with E-state index >= 15 is 0 Å². The summed E-state index contributed by atoms with van der Waals surface area (Å²) in [5, 5.41) is 14.6. The molecule has 0 aliphatic heterocycles. The summed E-state index contributed by atoms with van der Waals surface area (Å²) in [4.78, 5) is 10.5. The third-order valence-electron chi connectivity index (χ3n) is 3.15. The van der Waals surface area contributed by atoms with Crippen molar-refractivity contribution >= 4 is 17.3 Å². The van der Waals surface area contributed by atoms with Crippen molar-refractivity contribution in [2.45, 2.75) is 33.7 Å². The van der Waals surface area contributed by atoms with Crippen molar-refractivity contribution in [2.75, 3.05) is 6.54 Å².